The second kappa shape index (κ2) is 2.69. The Morgan fingerprint density at radius 1 is 0.826 bits per heavy atom. The van der Waals surface area contributed by atoms with Gasteiger partial charge < -0.3 is 5.92 Å². The zero-order valence-electron chi connectivity index (χ0n) is 14.5. The van der Waals surface area contributed by atoms with Gasteiger partial charge in [-0.25, -0.2) is 0 Å². The molecular weight excluding hydrogens is 271 g/mol. The van der Waals surface area contributed by atoms with Gasteiger partial charge in [-0.15, -0.1) is 5.41 Å². The van der Waals surface area contributed by atoms with Crippen molar-refractivity contribution in [3.63, 3.8) is 0 Å². The Bertz CT molecular complexity index is 689. The molecule has 0 N–H and O–H groups in total. The predicted octanol–water partition coefficient (Wildman–Crippen LogP) is 1.02. The third kappa shape index (κ3) is 0.648. The van der Waals surface area contributed by atoms with Crippen molar-refractivity contribution in [2.24, 2.45) is 87.3 Å². The van der Waals surface area contributed by atoms with Gasteiger partial charge in [-0.05, 0) is 59.2 Å². The van der Waals surface area contributed by atoms with Gasteiger partial charge in [-0.3, -0.25) is 0 Å². The Morgan fingerprint density at radius 3 is 1.96 bits per heavy atom. The smallest absolute Gasteiger partial charge is 0.304 e. The van der Waals surface area contributed by atoms with E-state index in [1.54, 1.807) is 25.7 Å². The molecule has 12 fully saturated rings. The van der Waals surface area contributed by atoms with E-state index in [-0.39, 0.29) is 18.9 Å². The molecule has 0 amide bonds. The number of hydrogen-bond acceptors (Lipinski definition) is 0. The summed E-state index contributed by atoms with van der Waals surface area (Å²) in [6.45, 7) is 2.44. The molecule has 0 nitrogen and oxygen atoms in total. The van der Waals surface area contributed by atoms with Crippen molar-refractivity contribution in [1.29, 1.82) is 0 Å². The van der Waals surface area contributed by atoms with Gasteiger partial charge in [-0.2, -0.15) is 11.8 Å². The third-order valence-corrected chi connectivity index (χ3v) is 12.8. The summed E-state index contributed by atoms with van der Waals surface area (Å²) in [6, 6.07) is 0. The number of unbranched alkanes of at least 4 members (excludes halogenated alkanes) is 1. The summed E-state index contributed by atoms with van der Waals surface area (Å²) in [7, 11) is 0. The van der Waals surface area contributed by atoms with Crippen molar-refractivity contribution in [3.8, 4) is 0 Å². The average molecular weight is 296 g/mol. The minimum absolute atomic E-state index is 0. The Hall–Kier alpha value is 0.597. The van der Waals surface area contributed by atoms with Crippen LogP contribution in [0.4, 0.5) is 0 Å². The largest absolute Gasteiger partial charge is 1.00 e. The van der Waals surface area contributed by atoms with Crippen LogP contribution in [0.3, 0.4) is 0 Å². The Labute approximate surface area is 151 Å². The molecule has 23 heavy (non-hydrogen) atoms. The fourth-order valence-corrected chi connectivity index (χ4v) is 13.9. The summed E-state index contributed by atoms with van der Waals surface area (Å²) in [5.41, 5.74) is 2.90. The zero-order valence-corrected chi connectivity index (χ0v) is 14.5. The van der Waals surface area contributed by atoms with Crippen molar-refractivity contribution in [2.45, 2.75) is 39.0 Å². The van der Waals surface area contributed by atoms with E-state index in [1.165, 1.54) is 77.4 Å². The maximum Gasteiger partial charge on any atom is 1.00 e. The molecular formula is C22H25Li. The molecule has 12 aliphatic carbocycles. The van der Waals surface area contributed by atoms with Crippen molar-refractivity contribution < 1.29 is 18.9 Å². The van der Waals surface area contributed by atoms with E-state index in [9.17, 15) is 0 Å². The SMILES string of the molecule is CCCCC12[C@@H]3[C@H]4C[C@@H]([C@H]31)[C@H]1[C@H]4C12C12[C-]3[C@@H]4[C@H]5C[C@@H]([C@@H]34)[C@H]1[C@H]52.[Li+]. The molecule has 0 aromatic carbocycles. The molecule has 12 rings (SSSR count). The van der Waals surface area contributed by atoms with Gasteiger partial charge in [0.15, 0.2) is 0 Å². The summed E-state index contributed by atoms with van der Waals surface area (Å²) in [5.74, 6) is 17.5. The van der Waals surface area contributed by atoms with E-state index in [0.29, 0.717) is 0 Å². The van der Waals surface area contributed by atoms with Crippen LogP contribution >= 0.6 is 0 Å². The first-order valence-corrected chi connectivity index (χ1v) is 10.8. The van der Waals surface area contributed by atoms with E-state index in [0.717, 1.165) is 16.2 Å². The summed E-state index contributed by atoms with van der Waals surface area (Å²) >= 11 is 0. The van der Waals surface area contributed by atoms with Crippen molar-refractivity contribution in [2.75, 3.05) is 0 Å². The molecule has 0 spiro atoms. The zero-order chi connectivity index (χ0) is 13.5. The minimum atomic E-state index is 0. The molecule has 12 aliphatic rings. The van der Waals surface area contributed by atoms with Gasteiger partial charge in [0.25, 0.3) is 0 Å². The fourth-order valence-electron chi connectivity index (χ4n) is 13.9. The first-order valence-electron chi connectivity index (χ1n) is 10.8. The first kappa shape index (κ1) is 12.1. The average Bonchev–Trinajstić information content (AvgIpc) is 3.45. The van der Waals surface area contributed by atoms with Crippen molar-refractivity contribution >= 4 is 0 Å². The first-order chi connectivity index (χ1) is 10.9. The maximum absolute atomic E-state index is 2.44. The normalized spacial score (nSPS) is 87.5. The second-order valence-electron chi connectivity index (χ2n) is 11.7. The van der Waals surface area contributed by atoms with E-state index < -0.39 is 0 Å². The summed E-state index contributed by atoms with van der Waals surface area (Å²) < 4.78 is 0. The molecule has 1 heteroatoms. The van der Waals surface area contributed by atoms with Gasteiger partial charge in [-0.1, -0.05) is 49.9 Å². The molecule has 15 atom stereocenters. The molecule has 0 radical (unpaired) electrons. The van der Waals surface area contributed by atoms with Gasteiger partial charge in [0.1, 0.15) is 0 Å². The van der Waals surface area contributed by atoms with Crippen LogP contribution in [0.15, 0.2) is 0 Å². The Balaban J connectivity index is 0.000000961. The molecule has 4 bridgehead atoms. The maximum atomic E-state index is 2.44. The summed E-state index contributed by atoms with van der Waals surface area (Å²) in [6.07, 6.45) is 8.10. The van der Waals surface area contributed by atoms with E-state index >= 15 is 0 Å². The Kier molecular flexibility index (Phi) is 1.41. The van der Waals surface area contributed by atoms with Crippen molar-refractivity contribution in [3.05, 3.63) is 5.92 Å². The van der Waals surface area contributed by atoms with E-state index in [4.69, 9.17) is 0 Å². The number of rotatable bonds is 4. The molecule has 0 aromatic heterocycles. The molecule has 3 unspecified atom stereocenters. The molecule has 12 saturated carbocycles. The van der Waals surface area contributed by atoms with Crippen LogP contribution in [-0.4, -0.2) is 0 Å². The van der Waals surface area contributed by atoms with Crippen LogP contribution in [0.5, 0.6) is 0 Å². The summed E-state index contributed by atoms with van der Waals surface area (Å²) in [4.78, 5) is 0. The van der Waals surface area contributed by atoms with Crippen LogP contribution in [0.25, 0.3) is 0 Å². The molecule has 0 heterocycles. The third-order valence-electron chi connectivity index (χ3n) is 12.8. The molecule has 0 aliphatic heterocycles. The monoisotopic (exact) mass is 296 g/mol. The predicted molar refractivity (Wildman–Crippen MR) is 81.2 cm³/mol. The minimum Gasteiger partial charge on any atom is -0.304 e. The van der Waals surface area contributed by atoms with Crippen LogP contribution < -0.4 is 18.9 Å². The molecule has 0 aromatic rings. The Morgan fingerprint density at radius 2 is 1.43 bits per heavy atom. The van der Waals surface area contributed by atoms with Gasteiger partial charge in [0.2, 0.25) is 0 Å². The van der Waals surface area contributed by atoms with Crippen LogP contribution in [0.2, 0.25) is 0 Å². The van der Waals surface area contributed by atoms with Crippen LogP contribution in [-0.2, 0) is 0 Å². The second-order valence-corrected chi connectivity index (χ2v) is 11.7. The molecule has 0 saturated heterocycles. The van der Waals surface area contributed by atoms with Crippen LogP contribution in [0.1, 0.15) is 39.0 Å². The van der Waals surface area contributed by atoms with Crippen LogP contribution in [0, 0.1) is 93.2 Å². The topological polar surface area (TPSA) is 0 Å². The number of hydrogen-bond donors (Lipinski definition) is 0. The van der Waals surface area contributed by atoms with E-state index in [1.807, 2.05) is 0 Å². The van der Waals surface area contributed by atoms with Gasteiger partial charge >= 0.3 is 18.9 Å². The summed E-state index contributed by atoms with van der Waals surface area (Å²) in [5, 5.41) is 0. The quantitative estimate of drug-likeness (QED) is 0.537. The van der Waals surface area contributed by atoms with Crippen molar-refractivity contribution in [1.82, 2.24) is 0 Å². The fraction of sp³-hybridized carbons (Fsp3) is 0.955. The standard InChI is InChI=1S/C22H25.Li/c1-2-3-4-20-13-9-6-10(14(13)20)18-17(9)22(18,20)21-15-7-5-8(16(15)21)12-11(7)19(12)21;/h7-18H,2-6H2,1H3;/q-1;+1/t7-,8+,9-,10+,11-,12-,13-,14-,15+,16+,17+,18+,20?,21?,22?;/m1./s1. The van der Waals surface area contributed by atoms with Gasteiger partial charge in [0, 0.05) is 0 Å². The van der Waals surface area contributed by atoms with E-state index in [2.05, 4.69) is 12.8 Å². The van der Waals surface area contributed by atoms with Gasteiger partial charge in [0.05, 0.1) is 0 Å². The molecule has 114 valence electrons.